The van der Waals surface area contributed by atoms with Gasteiger partial charge in [0, 0.05) is 12.3 Å². The molecule has 1 fully saturated rings. The highest BCUT2D eigenvalue weighted by atomic mass is 19.1. The Labute approximate surface area is 133 Å². The Morgan fingerprint density at radius 1 is 1.09 bits per heavy atom. The molecule has 3 heterocycles. The van der Waals surface area contributed by atoms with Crippen molar-refractivity contribution in [1.82, 2.24) is 14.9 Å². The molecule has 1 aromatic carbocycles. The molecule has 4 rings (SSSR count). The molecule has 0 amide bonds. The van der Waals surface area contributed by atoms with Gasteiger partial charge in [-0.25, -0.2) is 8.91 Å². The van der Waals surface area contributed by atoms with Crippen LogP contribution in [-0.2, 0) is 0 Å². The second-order valence-corrected chi connectivity index (χ2v) is 5.82. The summed E-state index contributed by atoms with van der Waals surface area (Å²) in [4.78, 5) is 0. The molecular formula is C18H18FN3O. The zero-order valence-electron chi connectivity index (χ0n) is 12.7. The molecule has 0 bridgehead atoms. The fraction of sp³-hybridized carbons (Fsp3) is 0.278. The van der Waals surface area contributed by atoms with E-state index in [2.05, 4.69) is 16.5 Å². The van der Waals surface area contributed by atoms with Gasteiger partial charge in [0.05, 0.1) is 6.20 Å². The first-order valence-electron chi connectivity index (χ1n) is 7.92. The number of fused-ring (bicyclic) bond motifs is 1. The zero-order valence-corrected chi connectivity index (χ0v) is 12.7. The minimum Gasteiger partial charge on any atom is -0.452 e. The van der Waals surface area contributed by atoms with E-state index in [0.29, 0.717) is 11.7 Å². The molecule has 1 N–H and O–H groups in total. The number of para-hydroxylation sites is 1. The van der Waals surface area contributed by atoms with E-state index in [1.165, 1.54) is 11.6 Å². The van der Waals surface area contributed by atoms with Gasteiger partial charge in [-0.1, -0.05) is 12.1 Å². The molecule has 0 aliphatic carbocycles. The second kappa shape index (κ2) is 6.01. The van der Waals surface area contributed by atoms with E-state index in [4.69, 9.17) is 4.74 Å². The largest absolute Gasteiger partial charge is 0.452 e. The number of halogens is 1. The third-order valence-electron chi connectivity index (χ3n) is 4.38. The molecule has 1 aliphatic rings. The van der Waals surface area contributed by atoms with Crippen LogP contribution in [-0.4, -0.2) is 22.7 Å². The van der Waals surface area contributed by atoms with Gasteiger partial charge < -0.3 is 10.1 Å². The Kier molecular flexibility index (Phi) is 3.71. The lowest BCUT2D eigenvalue weighted by Gasteiger charge is -2.22. The van der Waals surface area contributed by atoms with Crippen molar-refractivity contribution in [2.45, 2.75) is 18.8 Å². The summed E-state index contributed by atoms with van der Waals surface area (Å²) in [5, 5.41) is 7.73. The molecule has 0 unspecified atom stereocenters. The van der Waals surface area contributed by atoms with Crippen LogP contribution in [0.15, 0.2) is 48.8 Å². The van der Waals surface area contributed by atoms with Crippen molar-refractivity contribution in [2.24, 2.45) is 0 Å². The highest BCUT2D eigenvalue weighted by Crippen LogP contribution is 2.35. The van der Waals surface area contributed by atoms with E-state index in [-0.39, 0.29) is 11.6 Å². The summed E-state index contributed by atoms with van der Waals surface area (Å²) < 4.78 is 21.6. The van der Waals surface area contributed by atoms with Gasteiger partial charge in [-0.15, -0.1) is 0 Å². The Morgan fingerprint density at radius 2 is 1.91 bits per heavy atom. The highest BCUT2D eigenvalue weighted by Gasteiger charge is 2.21. The molecule has 3 aromatic rings. The fourth-order valence-electron chi connectivity index (χ4n) is 3.23. The summed E-state index contributed by atoms with van der Waals surface area (Å²) in [6, 6.07) is 10.4. The van der Waals surface area contributed by atoms with Crippen molar-refractivity contribution < 1.29 is 9.13 Å². The number of nitrogens with one attached hydrogen (secondary N) is 1. The molecule has 0 spiro atoms. The zero-order chi connectivity index (χ0) is 15.6. The number of ether oxygens (including phenoxy) is 1. The molecular weight excluding hydrogens is 293 g/mol. The van der Waals surface area contributed by atoms with Crippen molar-refractivity contribution in [2.75, 3.05) is 13.1 Å². The van der Waals surface area contributed by atoms with Crippen molar-refractivity contribution in [1.29, 1.82) is 0 Å². The Morgan fingerprint density at radius 3 is 2.74 bits per heavy atom. The van der Waals surface area contributed by atoms with Crippen molar-refractivity contribution in [3.8, 4) is 11.5 Å². The van der Waals surface area contributed by atoms with Crippen LogP contribution < -0.4 is 10.1 Å². The van der Waals surface area contributed by atoms with Gasteiger partial charge >= 0.3 is 0 Å². The average Bonchev–Trinajstić information content (AvgIpc) is 3.03. The van der Waals surface area contributed by atoms with Crippen molar-refractivity contribution in [3.05, 3.63) is 60.2 Å². The lowest BCUT2D eigenvalue weighted by molar-refractivity contribution is 0.440. The maximum absolute atomic E-state index is 13.9. The number of hydrogen-bond acceptors (Lipinski definition) is 3. The average molecular weight is 311 g/mol. The molecule has 1 aliphatic heterocycles. The van der Waals surface area contributed by atoms with Crippen LogP contribution >= 0.6 is 0 Å². The normalized spacial score (nSPS) is 15.9. The predicted molar refractivity (Wildman–Crippen MR) is 86.5 cm³/mol. The van der Waals surface area contributed by atoms with Gasteiger partial charge in [0.15, 0.2) is 17.3 Å². The van der Waals surface area contributed by atoms with E-state index in [1.807, 2.05) is 10.7 Å². The first-order chi connectivity index (χ1) is 11.3. The fourth-order valence-corrected chi connectivity index (χ4v) is 3.23. The molecule has 5 heteroatoms. The monoisotopic (exact) mass is 311 g/mol. The van der Waals surface area contributed by atoms with Crippen LogP contribution in [0.1, 0.15) is 24.3 Å². The molecule has 0 saturated carbocycles. The van der Waals surface area contributed by atoms with Gasteiger partial charge in [0.1, 0.15) is 5.52 Å². The lowest BCUT2D eigenvalue weighted by Crippen LogP contribution is -2.26. The third-order valence-corrected chi connectivity index (χ3v) is 4.38. The second-order valence-electron chi connectivity index (χ2n) is 5.82. The van der Waals surface area contributed by atoms with Crippen molar-refractivity contribution in [3.63, 3.8) is 0 Å². The summed E-state index contributed by atoms with van der Waals surface area (Å²) in [5.74, 6) is 0.993. The molecule has 23 heavy (non-hydrogen) atoms. The number of hydrogen-bond donors (Lipinski definition) is 1. The first kappa shape index (κ1) is 14.2. The number of piperidine rings is 1. The standard InChI is InChI=1S/C18H18FN3O/c19-15-3-1-2-4-16(15)23-17-7-11-21-22-12-8-14(18(17)22)13-5-9-20-10-6-13/h1-4,7-8,11-13,20H,5-6,9-10H2. The first-order valence-corrected chi connectivity index (χ1v) is 7.92. The smallest absolute Gasteiger partial charge is 0.165 e. The predicted octanol–water partition coefficient (Wildman–Crippen LogP) is 3.73. The van der Waals surface area contributed by atoms with Gasteiger partial charge in [-0.3, -0.25) is 0 Å². The molecule has 2 aromatic heterocycles. The van der Waals surface area contributed by atoms with Crippen LogP contribution in [0.3, 0.4) is 0 Å². The summed E-state index contributed by atoms with van der Waals surface area (Å²) in [6.07, 6.45) is 5.80. The lowest BCUT2D eigenvalue weighted by atomic mass is 9.91. The van der Waals surface area contributed by atoms with Crippen molar-refractivity contribution >= 4 is 5.52 Å². The van der Waals surface area contributed by atoms with Gasteiger partial charge in [-0.2, -0.15) is 5.10 Å². The topological polar surface area (TPSA) is 38.6 Å². The third kappa shape index (κ3) is 2.68. The molecule has 1 saturated heterocycles. The minimum absolute atomic E-state index is 0.234. The molecule has 0 atom stereocenters. The summed E-state index contributed by atoms with van der Waals surface area (Å²) in [7, 11) is 0. The van der Waals surface area contributed by atoms with Gasteiger partial charge in [0.2, 0.25) is 0 Å². The van der Waals surface area contributed by atoms with Crippen LogP contribution in [0.2, 0.25) is 0 Å². The van der Waals surface area contributed by atoms with Crippen LogP contribution in [0.5, 0.6) is 11.5 Å². The van der Waals surface area contributed by atoms with Gasteiger partial charge in [-0.05, 0) is 55.6 Å². The summed E-state index contributed by atoms with van der Waals surface area (Å²) >= 11 is 0. The van der Waals surface area contributed by atoms with E-state index in [0.717, 1.165) is 31.4 Å². The highest BCUT2D eigenvalue weighted by molar-refractivity contribution is 5.67. The maximum Gasteiger partial charge on any atom is 0.165 e. The minimum atomic E-state index is -0.363. The Balaban J connectivity index is 1.77. The van der Waals surface area contributed by atoms with Gasteiger partial charge in [0.25, 0.3) is 0 Å². The number of benzene rings is 1. The summed E-state index contributed by atoms with van der Waals surface area (Å²) in [5.41, 5.74) is 2.16. The van der Waals surface area contributed by atoms with Crippen LogP contribution in [0.4, 0.5) is 4.39 Å². The van der Waals surface area contributed by atoms with Crippen LogP contribution in [0.25, 0.3) is 5.52 Å². The summed E-state index contributed by atoms with van der Waals surface area (Å²) in [6.45, 7) is 2.04. The number of nitrogens with zero attached hydrogens (tertiary/aromatic N) is 2. The Hall–Kier alpha value is -2.40. The number of aromatic nitrogens is 2. The maximum atomic E-state index is 13.9. The quantitative estimate of drug-likeness (QED) is 0.801. The molecule has 0 radical (unpaired) electrons. The van der Waals surface area contributed by atoms with E-state index in [9.17, 15) is 4.39 Å². The number of rotatable bonds is 3. The van der Waals surface area contributed by atoms with E-state index in [1.54, 1.807) is 30.5 Å². The molecule has 4 nitrogen and oxygen atoms in total. The molecule has 118 valence electrons. The van der Waals surface area contributed by atoms with E-state index >= 15 is 0 Å². The Bertz CT molecular complexity index is 824. The SMILES string of the molecule is Fc1ccccc1Oc1ccnn2ccc(C3CCNCC3)c12. The van der Waals surface area contributed by atoms with E-state index < -0.39 is 0 Å². The van der Waals surface area contributed by atoms with Crippen LogP contribution in [0, 0.1) is 5.82 Å².